The van der Waals surface area contributed by atoms with Crippen LogP contribution < -0.4 is 15.6 Å². The van der Waals surface area contributed by atoms with Crippen molar-refractivity contribution >= 4 is 34.1 Å². The van der Waals surface area contributed by atoms with Crippen molar-refractivity contribution in [1.29, 1.82) is 0 Å². The summed E-state index contributed by atoms with van der Waals surface area (Å²) in [5.74, 6) is 0.679. The summed E-state index contributed by atoms with van der Waals surface area (Å²) in [4.78, 5) is 31.5. The number of amides is 1. The van der Waals surface area contributed by atoms with E-state index in [-0.39, 0.29) is 17.2 Å². The number of ether oxygens (including phenoxy) is 1. The number of nitrogens with one attached hydrogen (secondary N) is 2. The van der Waals surface area contributed by atoms with Gasteiger partial charge in [0.1, 0.15) is 5.75 Å². The highest BCUT2D eigenvalue weighted by molar-refractivity contribution is 7.99. The molecule has 0 saturated heterocycles. The molecule has 7 heteroatoms. The molecule has 1 heterocycles. The first-order valence-corrected chi connectivity index (χ1v) is 10.3. The van der Waals surface area contributed by atoms with Gasteiger partial charge < -0.3 is 15.0 Å². The number of carbonyl (C=O) groups excluding carboxylic acids is 1. The Bertz CT molecular complexity index is 1250. The van der Waals surface area contributed by atoms with Crippen molar-refractivity contribution in [3.8, 4) is 17.0 Å². The fourth-order valence-corrected chi connectivity index (χ4v) is 3.69. The minimum Gasteiger partial charge on any atom is -0.497 e. The minimum absolute atomic E-state index is 0.127. The fraction of sp³-hybridized carbons (Fsp3) is 0.0870. The van der Waals surface area contributed by atoms with E-state index >= 15 is 0 Å². The molecule has 0 bridgehead atoms. The van der Waals surface area contributed by atoms with Crippen LogP contribution in [-0.4, -0.2) is 28.7 Å². The number of carbonyl (C=O) groups is 1. The van der Waals surface area contributed by atoms with Crippen molar-refractivity contribution in [2.24, 2.45) is 0 Å². The monoisotopic (exact) mass is 417 g/mol. The van der Waals surface area contributed by atoms with Crippen LogP contribution in [0.15, 0.2) is 82.7 Å². The van der Waals surface area contributed by atoms with Crippen molar-refractivity contribution in [1.82, 2.24) is 9.97 Å². The topological polar surface area (TPSA) is 84.1 Å². The predicted molar refractivity (Wildman–Crippen MR) is 120 cm³/mol. The molecular weight excluding hydrogens is 398 g/mol. The number of hydrogen-bond donors (Lipinski definition) is 2. The number of aromatic nitrogens is 2. The molecule has 0 saturated carbocycles. The van der Waals surface area contributed by atoms with Crippen molar-refractivity contribution < 1.29 is 9.53 Å². The number of H-pyrrole nitrogens is 1. The summed E-state index contributed by atoms with van der Waals surface area (Å²) in [6.07, 6.45) is 0. The van der Waals surface area contributed by atoms with Gasteiger partial charge in [-0.25, -0.2) is 4.98 Å². The second kappa shape index (κ2) is 8.84. The third-order valence-corrected chi connectivity index (χ3v) is 5.35. The number of benzene rings is 3. The Morgan fingerprint density at radius 2 is 1.80 bits per heavy atom. The number of methoxy groups -OCH3 is 1. The largest absolute Gasteiger partial charge is 0.497 e. The lowest BCUT2D eigenvalue weighted by atomic mass is 10.1. The summed E-state index contributed by atoms with van der Waals surface area (Å²) in [5, 5.41) is 5.44. The molecule has 0 aliphatic heterocycles. The van der Waals surface area contributed by atoms with E-state index in [1.807, 2.05) is 66.7 Å². The molecule has 0 unspecified atom stereocenters. The third-order valence-electron chi connectivity index (χ3n) is 4.48. The summed E-state index contributed by atoms with van der Waals surface area (Å²) in [6, 6.07) is 22.4. The summed E-state index contributed by atoms with van der Waals surface area (Å²) < 4.78 is 5.15. The molecule has 0 spiro atoms. The molecule has 0 atom stereocenters. The Balaban J connectivity index is 1.44. The molecule has 2 N–H and O–H groups in total. The number of hydrogen-bond acceptors (Lipinski definition) is 5. The van der Waals surface area contributed by atoms with Gasteiger partial charge in [0.25, 0.3) is 5.56 Å². The average molecular weight is 417 g/mol. The number of anilines is 1. The molecule has 0 aliphatic rings. The van der Waals surface area contributed by atoms with E-state index in [0.29, 0.717) is 10.9 Å². The predicted octanol–water partition coefficient (Wildman–Crippen LogP) is 4.33. The van der Waals surface area contributed by atoms with Crippen molar-refractivity contribution in [2.75, 3.05) is 18.2 Å². The first-order valence-electron chi connectivity index (χ1n) is 9.28. The Hall–Kier alpha value is -3.58. The average Bonchev–Trinajstić information content (AvgIpc) is 2.77. The highest BCUT2D eigenvalue weighted by Crippen LogP contribution is 2.22. The summed E-state index contributed by atoms with van der Waals surface area (Å²) in [6.45, 7) is 0. The van der Waals surface area contributed by atoms with E-state index in [0.717, 1.165) is 27.8 Å². The van der Waals surface area contributed by atoms with Crippen molar-refractivity contribution in [2.45, 2.75) is 5.16 Å². The molecule has 1 amide bonds. The molecule has 4 rings (SSSR count). The van der Waals surface area contributed by atoms with Crippen LogP contribution in [0.2, 0.25) is 0 Å². The summed E-state index contributed by atoms with van der Waals surface area (Å²) in [5.41, 5.74) is 1.80. The van der Waals surface area contributed by atoms with Crippen LogP contribution in [-0.2, 0) is 4.79 Å². The SMILES string of the molecule is COc1ccc(-c2cc(=O)[nH]c(SCC(=O)Nc3ccc4ccccc4c3)n2)cc1. The van der Waals surface area contributed by atoms with E-state index in [4.69, 9.17) is 4.74 Å². The maximum atomic E-state index is 12.4. The van der Waals surface area contributed by atoms with E-state index < -0.39 is 0 Å². The molecule has 0 fully saturated rings. The van der Waals surface area contributed by atoms with Gasteiger partial charge in [0.05, 0.1) is 18.6 Å². The third kappa shape index (κ3) is 4.69. The van der Waals surface area contributed by atoms with E-state index in [2.05, 4.69) is 15.3 Å². The Labute approximate surface area is 177 Å². The first kappa shape index (κ1) is 19.7. The Morgan fingerprint density at radius 3 is 2.57 bits per heavy atom. The lowest BCUT2D eigenvalue weighted by Gasteiger charge is -2.07. The van der Waals surface area contributed by atoms with Gasteiger partial charge in [-0.15, -0.1) is 0 Å². The van der Waals surface area contributed by atoms with Crippen LogP contribution in [0.5, 0.6) is 5.75 Å². The molecular formula is C23H19N3O3S. The van der Waals surface area contributed by atoms with E-state index in [1.54, 1.807) is 7.11 Å². The number of thioether (sulfide) groups is 1. The molecule has 3 aromatic carbocycles. The quantitative estimate of drug-likeness (QED) is 0.360. The zero-order valence-electron chi connectivity index (χ0n) is 16.2. The van der Waals surface area contributed by atoms with Crippen LogP contribution in [0, 0.1) is 0 Å². The number of nitrogens with zero attached hydrogens (tertiary/aromatic N) is 1. The Morgan fingerprint density at radius 1 is 1.03 bits per heavy atom. The normalized spacial score (nSPS) is 10.7. The molecule has 0 radical (unpaired) electrons. The zero-order chi connectivity index (χ0) is 20.9. The molecule has 30 heavy (non-hydrogen) atoms. The molecule has 0 aliphatic carbocycles. The van der Waals surface area contributed by atoms with Crippen LogP contribution in [0.25, 0.3) is 22.0 Å². The van der Waals surface area contributed by atoms with Gasteiger partial charge in [-0.05, 0) is 47.2 Å². The van der Waals surface area contributed by atoms with Gasteiger partial charge in [-0.3, -0.25) is 9.59 Å². The molecule has 150 valence electrons. The number of fused-ring (bicyclic) bond motifs is 1. The van der Waals surface area contributed by atoms with Gasteiger partial charge in [-0.1, -0.05) is 42.1 Å². The second-order valence-corrected chi connectivity index (χ2v) is 7.53. The van der Waals surface area contributed by atoms with Gasteiger partial charge >= 0.3 is 0 Å². The molecule has 1 aromatic heterocycles. The second-order valence-electron chi connectivity index (χ2n) is 6.56. The lowest BCUT2D eigenvalue weighted by molar-refractivity contribution is -0.113. The standard InChI is InChI=1S/C23H19N3O3S/c1-29-19-10-7-16(8-11-19)20-13-21(27)26-23(25-20)30-14-22(28)24-18-9-6-15-4-2-3-5-17(15)12-18/h2-13H,14H2,1H3,(H,24,28)(H,25,26,27). The summed E-state index contributed by atoms with van der Waals surface area (Å²) >= 11 is 1.18. The smallest absolute Gasteiger partial charge is 0.252 e. The highest BCUT2D eigenvalue weighted by atomic mass is 32.2. The first-order chi connectivity index (χ1) is 14.6. The minimum atomic E-state index is -0.270. The van der Waals surface area contributed by atoms with Gasteiger partial charge in [0.2, 0.25) is 5.91 Å². The lowest BCUT2D eigenvalue weighted by Crippen LogP contribution is -2.15. The van der Waals surface area contributed by atoms with Crippen molar-refractivity contribution in [3.63, 3.8) is 0 Å². The van der Waals surface area contributed by atoms with Crippen LogP contribution in [0.4, 0.5) is 5.69 Å². The Kier molecular flexibility index (Phi) is 5.81. The van der Waals surface area contributed by atoms with Crippen LogP contribution in [0.3, 0.4) is 0 Å². The van der Waals surface area contributed by atoms with Gasteiger partial charge in [0.15, 0.2) is 5.16 Å². The molecule has 6 nitrogen and oxygen atoms in total. The maximum Gasteiger partial charge on any atom is 0.252 e. The van der Waals surface area contributed by atoms with E-state index in [1.165, 1.54) is 17.8 Å². The van der Waals surface area contributed by atoms with E-state index in [9.17, 15) is 9.59 Å². The van der Waals surface area contributed by atoms with Crippen molar-refractivity contribution in [3.05, 3.63) is 83.2 Å². The van der Waals surface area contributed by atoms with Gasteiger partial charge in [0, 0.05) is 17.3 Å². The summed E-state index contributed by atoms with van der Waals surface area (Å²) in [7, 11) is 1.60. The zero-order valence-corrected chi connectivity index (χ0v) is 17.0. The van der Waals surface area contributed by atoms with Crippen LogP contribution >= 0.6 is 11.8 Å². The number of aromatic amines is 1. The maximum absolute atomic E-state index is 12.4. The van der Waals surface area contributed by atoms with Crippen LogP contribution in [0.1, 0.15) is 0 Å². The highest BCUT2D eigenvalue weighted by Gasteiger charge is 2.09. The van der Waals surface area contributed by atoms with Gasteiger partial charge in [-0.2, -0.15) is 0 Å². The number of rotatable bonds is 6. The fourth-order valence-electron chi connectivity index (χ4n) is 3.01. The molecule has 4 aromatic rings.